The van der Waals surface area contributed by atoms with Crippen molar-refractivity contribution < 1.29 is 14.7 Å². The number of carboxylic acids is 1. The van der Waals surface area contributed by atoms with Crippen molar-refractivity contribution in [3.8, 4) is 0 Å². The summed E-state index contributed by atoms with van der Waals surface area (Å²) in [5.41, 5.74) is 0. The molecule has 2 N–H and O–H groups in total. The zero-order valence-corrected chi connectivity index (χ0v) is 9.16. The fourth-order valence-corrected chi connectivity index (χ4v) is 2.02. The van der Waals surface area contributed by atoms with E-state index in [1.165, 1.54) is 0 Å². The van der Waals surface area contributed by atoms with Crippen molar-refractivity contribution in [2.45, 2.75) is 51.5 Å². The molecule has 1 aliphatic carbocycles. The number of nitrogens with one attached hydrogen (secondary N) is 1. The van der Waals surface area contributed by atoms with E-state index in [0.29, 0.717) is 6.42 Å². The van der Waals surface area contributed by atoms with Crippen LogP contribution in [0.15, 0.2) is 0 Å². The van der Waals surface area contributed by atoms with Gasteiger partial charge in [0, 0.05) is 5.92 Å². The molecular formula is C11H19NO3. The lowest BCUT2D eigenvalue weighted by Crippen LogP contribution is -2.43. The van der Waals surface area contributed by atoms with Gasteiger partial charge in [-0.2, -0.15) is 0 Å². The van der Waals surface area contributed by atoms with Crippen molar-refractivity contribution in [2.24, 2.45) is 5.92 Å². The first-order valence-electron chi connectivity index (χ1n) is 5.68. The van der Waals surface area contributed by atoms with Gasteiger partial charge in [0.05, 0.1) is 0 Å². The lowest BCUT2D eigenvalue weighted by Gasteiger charge is -2.16. The molecule has 0 radical (unpaired) electrons. The Bertz CT molecular complexity index is 234. The fourth-order valence-electron chi connectivity index (χ4n) is 2.02. The SMILES string of the molecule is CCC[C@H](NC(=O)C1CCCC1)C(=O)O. The van der Waals surface area contributed by atoms with Crippen LogP contribution in [-0.4, -0.2) is 23.0 Å². The highest BCUT2D eigenvalue weighted by Gasteiger charge is 2.26. The van der Waals surface area contributed by atoms with Gasteiger partial charge in [-0.05, 0) is 19.3 Å². The third kappa shape index (κ3) is 3.53. The molecule has 0 aromatic carbocycles. The van der Waals surface area contributed by atoms with Crippen LogP contribution in [0, 0.1) is 5.92 Å². The molecule has 15 heavy (non-hydrogen) atoms. The van der Waals surface area contributed by atoms with Gasteiger partial charge in [0.25, 0.3) is 0 Å². The zero-order chi connectivity index (χ0) is 11.3. The summed E-state index contributed by atoms with van der Waals surface area (Å²) in [4.78, 5) is 22.5. The van der Waals surface area contributed by atoms with E-state index in [1.807, 2.05) is 6.92 Å². The Morgan fingerprint density at radius 2 is 2.00 bits per heavy atom. The monoisotopic (exact) mass is 213 g/mol. The standard InChI is InChI=1S/C11H19NO3/c1-2-5-9(11(14)15)12-10(13)8-6-3-4-7-8/h8-9H,2-7H2,1H3,(H,12,13)(H,14,15)/t9-/m0/s1. The quantitative estimate of drug-likeness (QED) is 0.728. The molecule has 1 fully saturated rings. The van der Waals surface area contributed by atoms with E-state index < -0.39 is 12.0 Å². The Kier molecular flexibility index (Phi) is 4.59. The van der Waals surface area contributed by atoms with Crippen molar-refractivity contribution in [1.29, 1.82) is 0 Å². The van der Waals surface area contributed by atoms with Crippen LogP contribution in [0.4, 0.5) is 0 Å². The normalized spacial score (nSPS) is 18.7. The lowest BCUT2D eigenvalue weighted by molar-refractivity contribution is -0.142. The molecule has 1 saturated carbocycles. The number of hydrogen-bond acceptors (Lipinski definition) is 2. The summed E-state index contributed by atoms with van der Waals surface area (Å²) >= 11 is 0. The minimum Gasteiger partial charge on any atom is -0.480 e. The van der Waals surface area contributed by atoms with Gasteiger partial charge < -0.3 is 10.4 Å². The topological polar surface area (TPSA) is 66.4 Å². The molecule has 0 spiro atoms. The highest BCUT2D eigenvalue weighted by Crippen LogP contribution is 2.24. The summed E-state index contributed by atoms with van der Waals surface area (Å²) in [5, 5.41) is 11.5. The summed E-state index contributed by atoms with van der Waals surface area (Å²) in [6.45, 7) is 1.91. The van der Waals surface area contributed by atoms with Crippen LogP contribution in [0.5, 0.6) is 0 Å². The van der Waals surface area contributed by atoms with Gasteiger partial charge in [0.15, 0.2) is 0 Å². The smallest absolute Gasteiger partial charge is 0.326 e. The maximum atomic E-state index is 11.7. The van der Waals surface area contributed by atoms with Crippen LogP contribution in [0.25, 0.3) is 0 Å². The predicted molar refractivity (Wildman–Crippen MR) is 56.4 cm³/mol. The van der Waals surface area contributed by atoms with Crippen molar-refractivity contribution in [3.05, 3.63) is 0 Å². The van der Waals surface area contributed by atoms with Crippen molar-refractivity contribution in [3.63, 3.8) is 0 Å². The van der Waals surface area contributed by atoms with Crippen LogP contribution in [0.1, 0.15) is 45.4 Å². The second kappa shape index (κ2) is 5.73. The third-order valence-electron chi connectivity index (χ3n) is 2.92. The minimum absolute atomic E-state index is 0.0451. The Morgan fingerprint density at radius 3 is 2.47 bits per heavy atom. The summed E-state index contributed by atoms with van der Waals surface area (Å²) in [6.07, 6.45) is 5.26. The minimum atomic E-state index is -0.928. The average molecular weight is 213 g/mol. The summed E-state index contributed by atoms with van der Waals surface area (Å²) < 4.78 is 0. The summed E-state index contributed by atoms with van der Waals surface area (Å²) in [7, 11) is 0. The highest BCUT2D eigenvalue weighted by molar-refractivity contribution is 5.85. The molecule has 0 unspecified atom stereocenters. The number of amides is 1. The molecule has 4 nitrogen and oxygen atoms in total. The van der Waals surface area contributed by atoms with E-state index in [2.05, 4.69) is 5.32 Å². The van der Waals surface area contributed by atoms with E-state index in [1.54, 1.807) is 0 Å². The zero-order valence-electron chi connectivity index (χ0n) is 9.16. The van der Waals surface area contributed by atoms with Crippen LogP contribution in [0.3, 0.4) is 0 Å². The summed E-state index contributed by atoms with van der Waals surface area (Å²) in [6, 6.07) is -0.705. The Balaban J connectivity index is 2.42. The highest BCUT2D eigenvalue weighted by atomic mass is 16.4. The first kappa shape index (κ1) is 12.0. The van der Waals surface area contributed by atoms with Gasteiger partial charge in [-0.15, -0.1) is 0 Å². The molecule has 1 amide bonds. The van der Waals surface area contributed by atoms with Crippen molar-refractivity contribution in [1.82, 2.24) is 5.32 Å². The summed E-state index contributed by atoms with van der Waals surface area (Å²) in [5.74, 6) is -0.958. The molecule has 0 saturated heterocycles. The molecule has 1 aliphatic rings. The number of carbonyl (C=O) groups excluding carboxylic acids is 1. The van der Waals surface area contributed by atoms with Gasteiger partial charge in [-0.3, -0.25) is 4.79 Å². The molecule has 0 bridgehead atoms. The van der Waals surface area contributed by atoms with Crippen LogP contribution in [-0.2, 0) is 9.59 Å². The molecule has 0 aromatic rings. The van der Waals surface area contributed by atoms with Crippen LogP contribution >= 0.6 is 0 Å². The predicted octanol–water partition coefficient (Wildman–Crippen LogP) is 1.55. The first-order chi connectivity index (χ1) is 7.15. The molecule has 0 heterocycles. The fraction of sp³-hybridized carbons (Fsp3) is 0.818. The molecule has 0 aliphatic heterocycles. The molecular weight excluding hydrogens is 194 g/mol. The van der Waals surface area contributed by atoms with E-state index in [4.69, 9.17) is 5.11 Å². The van der Waals surface area contributed by atoms with Gasteiger partial charge in [-0.25, -0.2) is 4.79 Å². The average Bonchev–Trinajstić information content (AvgIpc) is 2.69. The van der Waals surface area contributed by atoms with E-state index in [9.17, 15) is 9.59 Å². The van der Waals surface area contributed by atoms with E-state index in [-0.39, 0.29) is 11.8 Å². The number of rotatable bonds is 5. The molecule has 86 valence electrons. The van der Waals surface area contributed by atoms with E-state index in [0.717, 1.165) is 32.1 Å². The van der Waals surface area contributed by atoms with Crippen molar-refractivity contribution in [2.75, 3.05) is 0 Å². The third-order valence-corrected chi connectivity index (χ3v) is 2.92. The number of carboxylic acid groups (broad SMARTS) is 1. The van der Waals surface area contributed by atoms with Gasteiger partial charge in [0.2, 0.25) is 5.91 Å². The first-order valence-corrected chi connectivity index (χ1v) is 5.68. The maximum Gasteiger partial charge on any atom is 0.326 e. The molecule has 0 aromatic heterocycles. The molecule has 1 rings (SSSR count). The van der Waals surface area contributed by atoms with Crippen molar-refractivity contribution >= 4 is 11.9 Å². The number of aliphatic carboxylic acids is 1. The molecule has 1 atom stereocenters. The van der Waals surface area contributed by atoms with Gasteiger partial charge in [-0.1, -0.05) is 26.2 Å². The van der Waals surface area contributed by atoms with Gasteiger partial charge >= 0.3 is 5.97 Å². The van der Waals surface area contributed by atoms with Crippen LogP contribution < -0.4 is 5.32 Å². The second-order valence-electron chi connectivity index (χ2n) is 4.17. The van der Waals surface area contributed by atoms with Crippen LogP contribution in [0.2, 0.25) is 0 Å². The maximum absolute atomic E-state index is 11.7. The van der Waals surface area contributed by atoms with Gasteiger partial charge in [0.1, 0.15) is 6.04 Å². The Morgan fingerprint density at radius 1 is 1.40 bits per heavy atom. The number of hydrogen-bond donors (Lipinski definition) is 2. The van der Waals surface area contributed by atoms with E-state index >= 15 is 0 Å². The lowest BCUT2D eigenvalue weighted by atomic mass is 10.1. The Hall–Kier alpha value is -1.06. The largest absolute Gasteiger partial charge is 0.480 e. The number of carbonyl (C=O) groups is 2. The molecule has 4 heteroatoms. The second-order valence-corrected chi connectivity index (χ2v) is 4.17. The Labute approximate surface area is 90.0 Å².